The summed E-state index contributed by atoms with van der Waals surface area (Å²) in [6.07, 6.45) is 1.66. The summed E-state index contributed by atoms with van der Waals surface area (Å²) >= 11 is 6.38. The van der Waals surface area contributed by atoms with E-state index in [-0.39, 0.29) is 17.8 Å². The number of carbonyl (C=O) groups is 3. The molecule has 0 spiro atoms. The number of amides is 2. The molecule has 6 nitrogen and oxygen atoms in total. The summed E-state index contributed by atoms with van der Waals surface area (Å²) in [5, 5.41) is -0.339. The second kappa shape index (κ2) is 9.10. The number of carbonyl (C=O) groups excluding carboxylic acids is 3. The Kier molecular flexibility index (Phi) is 6.78. The summed E-state index contributed by atoms with van der Waals surface area (Å²) in [4.78, 5) is 37.8. The van der Waals surface area contributed by atoms with Gasteiger partial charge in [0.2, 0.25) is 0 Å². The van der Waals surface area contributed by atoms with Crippen LogP contribution in [0.2, 0.25) is 0 Å². The summed E-state index contributed by atoms with van der Waals surface area (Å²) in [5.74, 6) is -0.347. The van der Waals surface area contributed by atoms with Crippen molar-refractivity contribution in [3.8, 4) is 5.75 Å². The molecule has 0 aromatic heterocycles. The van der Waals surface area contributed by atoms with Crippen molar-refractivity contribution in [3.63, 3.8) is 0 Å². The third-order valence-electron chi connectivity index (χ3n) is 3.69. The highest BCUT2D eigenvalue weighted by atomic mass is 127. The van der Waals surface area contributed by atoms with Gasteiger partial charge in [-0.2, -0.15) is 0 Å². The molecule has 2 amide bonds. The highest BCUT2D eigenvalue weighted by molar-refractivity contribution is 14.1. The van der Waals surface area contributed by atoms with Crippen LogP contribution in [0.1, 0.15) is 5.56 Å². The average Bonchev–Trinajstić information content (AvgIpc) is 2.94. The van der Waals surface area contributed by atoms with Crippen molar-refractivity contribution in [3.05, 3.63) is 61.0 Å². The number of para-hydroxylation sites is 1. The molecule has 1 fully saturated rings. The number of hydrogen-bond donors (Lipinski definition) is 0. The van der Waals surface area contributed by atoms with Crippen LogP contribution in [-0.4, -0.2) is 30.8 Å². The number of halogens is 2. The van der Waals surface area contributed by atoms with Gasteiger partial charge in [-0.1, -0.05) is 18.2 Å². The van der Waals surface area contributed by atoms with Crippen LogP contribution in [0.3, 0.4) is 0 Å². The molecule has 0 bridgehead atoms. The molecule has 0 radical (unpaired) electrons. The Morgan fingerprint density at radius 3 is 2.61 bits per heavy atom. The molecule has 9 heteroatoms. The molecule has 2 aromatic rings. The van der Waals surface area contributed by atoms with E-state index >= 15 is 0 Å². The SMILES string of the molecule is COC(=O)COc1c(Br)cc(/C=C2\SC(=O)N(c3ccccc3)C2=O)cc1I. The van der Waals surface area contributed by atoms with Gasteiger partial charge in [-0.15, -0.1) is 0 Å². The van der Waals surface area contributed by atoms with Gasteiger partial charge in [0, 0.05) is 0 Å². The number of esters is 1. The van der Waals surface area contributed by atoms with Gasteiger partial charge in [-0.05, 0) is 86.2 Å². The monoisotopic (exact) mass is 573 g/mol. The standard InChI is InChI=1S/C19H13BrINO5S/c1-26-16(23)10-27-17-13(20)7-11(8-14(17)21)9-15-18(24)22(19(25)28-15)12-5-3-2-4-6-12/h2-9H,10H2,1H3/b15-9-. The first-order valence-corrected chi connectivity index (χ1v) is 10.6. The molecule has 0 saturated carbocycles. The molecule has 3 rings (SSSR count). The highest BCUT2D eigenvalue weighted by Crippen LogP contribution is 2.37. The van der Waals surface area contributed by atoms with Crippen molar-refractivity contribution in [1.29, 1.82) is 0 Å². The van der Waals surface area contributed by atoms with Crippen LogP contribution in [0.5, 0.6) is 5.75 Å². The number of methoxy groups -OCH3 is 1. The Hall–Kier alpha value is -1.85. The molecule has 28 heavy (non-hydrogen) atoms. The zero-order chi connectivity index (χ0) is 20.3. The van der Waals surface area contributed by atoms with E-state index in [1.54, 1.807) is 42.5 Å². The zero-order valence-electron chi connectivity index (χ0n) is 14.5. The van der Waals surface area contributed by atoms with Gasteiger partial charge in [0.15, 0.2) is 6.61 Å². The summed E-state index contributed by atoms with van der Waals surface area (Å²) in [6, 6.07) is 12.4. The smallest absolute Gasteiger partial charge is 0.343 e. The Morgan fingerprint density at radius 2 is 1.96 bits per heavy atom. The van der Waals surface area contributed by atoms with E-state index < -0.39 is 5.97 Å². The highest BCUT2D eigenvalue weighted by Gasteiger charge is 2.36. The molecule has 2 aromatic carbocycles. The number of anilines is 1. The summed E-state index contributed by atoms with van der Waals surface area (Å²) < 4.78 is 11.4. The average molecular weight is 574 g/mol. The van der Waals surface area contributed by atoms with Gasteiger partial charge in [0.1, 0.15) is 5.75 Å². The van der Waals surface area contributed by atoms with Crippen molar-refractivity contribution in [2.45, 2.75) is 0 Å². The van der Waals surface area contributed by atoms with Gasteiger partial charge in [-0.25, -0.2) is 9.69 Å². The molecular weight excluding hydrogens is 561 g/mol. The first kappa shape index (κ1) is 20.9. The fraction of sp³-hybridized carbons (Fsp3) is 0.105. The van der Waals surface area contributed by atoms with E-state index in [0.717, 1.165) is 25.8 Å². The van der Waals surface area contributed by atoms with Crippen LogP contribution in [0.4, 0.5) is 10.5 Å². The Bertz CT molecular complexity index is 957. The second-order valence-electron chi connectivity index (χ2n) is 5.53. The van der Waals surface area contributed by atoms with E-state index in [1.807, 2.05) is 6.07 Å². The minimum atomic E-state index is -0.485. The lowest BCUT2D eigenvalue weighted by atomic mass is 10.2. The molecule has 1 heterocycles. The molecule has 0 N–H and O–H groups in total. The molecular formula is C19H13BrINO5S. The number of rotatable bonds is 5. The largest absolute Gasteiger partial charge is 0.480 e. The molecule has 0 aliphatic carbocycles. The van der Waals surface area contributed by atoms with Crippen molar-refractivity contribution < 1.29 is 23.9 Å². The van der Waals surface area contributed by atoms with Crippen LogP contribution in [0.15, 0.2) is 51.8 Å². The number of ether oxygens (including phenoxy) is 2. The maximum absolute atomic E-state index is 12.7. The third-order valence-corrected chi connectivity index (χ3v) is 5.95. The van der Waals surface area contributed by atoms with Crippen LogP contribution in [0, 0.1) is 3.57 Å². The number of nitrogens with zero attached hydrogens (tertiary/aromatic N) is 1. The maximum atomic E-state index is 12.7. The Labute approximate surface area is 187 Å². The fourth-order valence-corrected chi connectivity index (χ4v) is 5.02. The molecule has 0 atom stereocenters. The van der Waals surface area contributed by atoms with E-state index in [4.69, 9.17) is 4.74 Å². The minimum absolute atomic E-state index is 0.208. The van der Waals surface area contributed by atoms with Crippen LogP contribution >= 0.6 is 50.3 Å². The second-order valence-corrected chi connectivity index (χ2v) is 8.54. The molecule has 144 valence electrons. The number of benzene rings is 2. The maximum Gasteiger partial charge on any atom is 0.343 e. The molecule has 1 saturated heterocycles. The van der Waals surface area contributed by atoms with E-state index in [0.29, 0.717) is 20.8 Å². The van der Waals surface area contributed by atoms with Crippen LogP contribution in [0.25, 0.3) is 6.08 Å². The quantitative estimate of drug-likeness (QED) is 0.289. The molecule has 1 aliphatic rings. The lowest BCUT2D eigenvalue weighted by molar-refractivity contribution is -0.142. The lowest BCUT2D eigenvalue weighted by Crippen LogP contribution is -2.27. The van der Waals surface area contributed by atoms with Crippen LogP contribution < -0.4 is 9.64 Å². The van der Waals surface area contributed by atoms with Gasteiger partial charge in [0.05, 0.1) is 25.7 Å². The van der Waals surface area contributed by atoms with E-state index in [9.17, 15) is 14.4 Å². The summed E-state index contributed by atoms with van der Waals surface area (Å²) in [5.41, 5.74) is 1.26. The van der Waals surface area contributed by atoms with Gasteiger partial charge < -0.3 is 9.47 Å². The third kappa shape index (κ3) is 4.58. The predicted octanol–water partition coefficient (Wildman–Crippen LogP) is 4.85. The fourth-order valence-electron chi connectivity index (χ4n) is 2.41. The van der Waals surface area contributed by atoms with Crippen molar-refractivity contribution in [1.82, 2.24) is 0 Å². The van der Waals surface area contributed by atoms with Gasteiger partial charge in [-0.3, -0.25) is 9.59 Å². The zero-order valence-corrected chi connectivity index (χ0v) is 19.0. The topological polar surface area (TPSA) is 72.9 Å². The number of imide groups is 1. The number of thioether (sulfide) groups is 1. The summed E-state index contributed by atoms with van der Waals surface area (Å²) in [6.45, 7) is -0.208. The Balaban J connectivity index is 1.85. The van der Waals surface area contributed by atoms with Crippen molar-refractivity contribution in [2.24, 2.45) is 0 Å². The van der Waals surface area contributed by atoms with E-state index in [1.165, 1.54) is 7.11 Å². The predicted molar refractivity (Wildman–Crippen MR) is 119 cm³/mol. The first-order valence-electron chi connectivity index (χ1n) is 7.92. The van der Waals surface area contributed by atoms with E-state index in [2.05, 4.69) is 43.3 Å². The van der Waals surface area contributed by atoms with Gasteiger partial charge in [0.25, 0.3) is 11.1 Å². The van der Waals surface area contributed by atoms with Gasteiger partial charge >= 0.3 is 5.97 Å². The minimum Gasteiger partial charge on any atom is -0.480 e. The lowest BCUT2D eigenvalue weighted by Gasteiger charge is -2.12. The molecule has 1 aliphatic heterocycles. The molecule has 0 unspecified atom stereocenters. The van der Waals surface area contributed by atoms with Crippen molar-refractivity contribution in [2.75, 3.05) is 18.6 Å². The Morgan fingerprint density at radius 1 is 1.25 bits per heavy atom. The summed E-state index contributed by atoms with van der Waals surface area (Å²) in [7, 11) is 1.29. The van der Waals surface area contributed by atoms with Crippen LogP contribution in [-0.2, 0) is 14.3 Å². The number of hydrogen-bond acceptors (Lipinski definition) is 6. The normalized spacial score (nSPS) is 15.2. The first-order chi connectivity index (χ1) is 13.4. The van der Waals surface area contributed by atoms with Crippen molar-refractivity contribution >= 4 is 79.2 Å².